The zero-order chi connectivity index (χ0) is 28.1. The minimum atomic E-state index is 0.662. The maximum atomic E-state index is 4.88. The van der Waals surface area contributed by atoms with Crippen molar-refractivity contribution in [1.29, 1.82) is 0 Å². The highest BCUT2D eigenvalue weighted by molar-refractivity contribution is 6.05. The molecule has 6 aromatic rings. The maximum absolute atomic E-state index is 4.88. The SMILES string of the molecule is C1=NCCCN=Cc2ccc3ccc4ccc(nc4c3n2)C=NCCCN=Cc2ccc3ccc4ccc1nc4c3n2. The number of hydrogen-bond donors (Lipinski definition) is 0. The van der Waals surface area contributed by atoms with Crippen LogP contribution in [0.2, 0.25) is 0 Å². The molecule has 0 N–H and O–H groups in total. The second-order valence-electron chi connectivity index (χ2n) is 10.2. The van der Waals surface area contributed by atoms with Gasteiger partial charge in [0.15, 0.2) is 0 Å². The zero-order valence-corrected chi connectivity index (χ0v) is 23.1. The van der Waals surface area contributed by atoms with Crippen molar-refractivity contribution < 1.29 is 0 Å². The van der Waals surface area contributed by atoms with Gasteiger partial charge in [0.2, 0.25) is 0 Å². The van der Waals surface area contributed by atoms with Crippen LogP contribution in [0.1, 0.15) is 35.6 Å². The molecule has 42 heavy (non-hydrogen) atoms. The van der Waals surface area contributed by atoms with Crippen LogP contribution in [0.5, 0.6) is 0 Å². The summed E-state index contributed by atoms with van der Waals surface area (Å²) in [6.07, 6.45) is 8.98. The molecule has 0 saturated carbocycles. The van der Waals surface area contributed by atoms with Crippen molar-refractivity contribution in [2.75, 3.05) is 26.2 Å². The van der Waals surface area contributed by atoms with Gasteiger partial charge in [-0.05, 0) is 37.1 Å². The normalized spacial score (nSPS) is 14.7. The van der Waals surface area contributed by atoms with Crippen LogP contribution in [0.3, 0.4) is 0 Å². The molecule has 5 heterocycles. The predicted octanol–water partition coefficient (Wildman–Crippen LogP) is 6.05. The van der Waals surface area contributed by atoms with Crippen molar-refractivity contribution in [2.24, 2.45) is 20.0 Å². The molecule has 8 heteroatoms. The van der Waals surface area contributed by atoms with Gasteiger partial charge in [0.05, 0.1) is 44.8 Å². The van der Waals surface area contributed by atoms with Crippen molar-refractivity contribution in [3.05, 3.63) is 95.6 Å². The minimum absolute atomic E-state index is 0.662. The van der Waals surface area contributed by atoms with Crippen LogP contribution in [-0.2, 0) is 0 Å². The summed E-state index contributed by atoms with van der Waals surface area (Å²) < 4.78 is 0. The smallest absolute Gasteiger partial charge is 0.0972 e. The van der Waals surface area contributed by atoms with Crippen molar-refractivity contribution in [2.45, 2.75) is 12.8 Å². The molecule has 0 aliphatic carbocycles. The Labute approximate surface area is 242 Å². The van der Waals surface area contributed by atoms with E-state index in [1.807, 2.05) is 49.1 Å². The van der Waals surface area contributed by atoms with Crippen molar-refractivity contribution in [3.63, 3.8) is 0 Å². The highest BCUT2D eigenvalue weighted by Crippen LogP contribution is 2.24. The Kier molecular flexibility index (Phi) is 7.16. The van der Waals surface area contributed by atoms with E-state index in [0.29, 0.717) is 26.2 Å². The standard InChI is InChI=1S/C34H28N8/c1-15-35-19-27-11-7-23-3-5-25-9-13-29(41-33(25)31(23)39-27)21-37-17-2-18-38-22-30-14-10-26-6-4-24-8-12-28(20-36-16-1)40-32(24)34(26)42-30/h3-14,19-22H,1-2,15-18H2. The van der Waals surface area contributed by atoms with E-state index in [2.05, 4.69) is 68.5 Å². The Morgan fingerprint density at radius 2 is 0.548 bits per heavy atom. The second-order valence-corrected chi connectivity index (χ2v) is 10.2. The summed E-state index contributed by atoms with van der Waals surface area (Å²) in [5.74, 6) is 0. The molecule has 8 bridgehead atoms. The van der Waals surface area contributed by atoms with Gasteiger partial charge in [-0.2, -0.15) is 0 Å². The van der Waals surface area contributed by atoms with Crippen LogP contribution in [0.25, 0.3) is 43.6 Å². The molecule has 204 valence electrons. The van der Waals surface area contributed by atoms with Crippen LogP contribution in [0.4, 0.5) is 0 Å². The van der Waals surface area contributed by atoms with Gasteiger partial charge >= 0.3 is 0 Å². The fraction of sp³-hybridized carbons (Fsp3) is 0.176. The first kappa shape index (κ1) is 25.7. The number of fused-ring (bicyclic) bond motifs is 4. The van der Waals surface area contributed by atoms with Gasteiger partial charge in [0.1, 0.15) is 0 Å². The monoisotopic (exact) mass is 548 g/mol. The van der Waals surface area contributed by atoms with E-state index in [1.165, 1.54) is 0 Å². The molecule has 0 radical (unpaired) electrons. The Hall–Kier alpha value is -5.24. The molecule has 1 aliphatic heterocycles. The Morgan fingerprint density at radius 3 is 0.810 bits per heavy atom. The van der Waals surface area contributed by atoms with E-state index in [1.54, 1.807) is 0 Å². The number of aliphatic imine (C=N–C) groups is 4. The van der Waals surface area contributed by atoms with E-state index in [0.717, 1.165) is 79.2 Å². The fourth-order valence-corrected chi connectivity index (χ4v) is 5.02. The van der Waals surface area contributed by atoms with Gasteiger partial charge in [-0.25, -0.2) is 19.9 Å². The lowest BCUT2D eigenvalue weighted by atomic mass is 10.1. The van der Waals surface area contributed by atoms with Gasteiger partial charge in [0, 0.05) is 72.6 Å². The summed E-state index contributed by atoms with van der Waals surface area (Å²) in [4.78, 5) is 37.9. The molecule has 0 unspecified atom stereocenters. The summed E-state index contributed by atoms with van der Waals surface area (Å²) in [6.45, 7) is 2.65. The van der Waals surface area contributed by atoms with Crippen LogP contribution < -0.4 is 0 Å². The number of benzene rings is 2. The summed E-state index contributed by atoms with van der Waals surface area (Å²) >= 11 is 0. The number of hydrogen-bond acceptors (Lipinski definition) is 8. The van der Waals surface area contributed by atoms with E-state index < -0.39 is 0 Å². The van der Waals surface area contributed by atoms with Crippen LogP contribution in [-0.4, -0.2) is 71.0 Å². The van der Waals surface area contributed by atoms with E-state index in [4.69, 9.17) is 19.9 Å². The molecule has 0 amide bonds. The second kappa shape index (κ2) is 11.7. The molecule has 7 rings (SSSR count). The molecule has 4 aromatic heterocycles. The molecule has 2 aromatic carbocycles. The highest BCUT2D eigenvalue weighted by Gasteiger charge is 2.07. The topological polar surface area (TPSA) is 101 Å². The summed E-state index contributed by atoms with van der Waals surface area (Å²) in [5.41, 5.74) is 6.71. The predicted molar refractivity (Wildman–Crippen MR) is 173 cm³/mol. The third kappa shape index (κ3) is 5.51. The van der Waals surface area contributed by atoms with Gasteiger partial charge in [-0.3, -0.25) is 20.0 Å². The molecular weight excluding hydrogens is 520 g/mol. The van der Waals surface area contributed by atoms with Crippen molar-refractivity contribution in [1.82, 2.24) is 19.9 Å². The van der Waals surface area contributed by atoms with Crippen LogP contribution in [0.15, 0.2) is 92.8 Å². The third-order valence-electron chi connectivity index (χ3n) is 7.17. The summed E-state index contributed by atoms with van der Waals surface area (Å²) in [5, 5.41) is 4.18. The lowest BCUT2D eigenvalue weighted by molar-refractivity contribution is 0.850. The van der Waals surface area contributed by atoms with Gasteiger partial charge in [-0.15, -0.1) is 0 Å². The third-order valence-corrected chi connectivity index (χ3v) is 7.17. The van der Waals surface area contributed by atoms with Gasteiger partial charge in [0.25, 0.3) is 0 Å². The van der Waals surface area contributed by atoms with Crippen LogP contribution >= 0.6 is 0 Å². The first-order valence-electron chi connectivity index (χ1n) is 14.2. The minimum Gasteiger partial charge on any atom is -0.291 e. The molecule has 0 saturated heterocycles. The number of rotatable bonds is 0. The average molecular weight is 549 g/mol. The first-order valence-corrected chi connectivity index (χ1v) is 14.2. The highest BCUT2D eigenvalue weighted by atomic mass is 14.8. The molecular formula is C34H28N8. The zero-order valence-electron chi connectivity index (χ0n) is 23.1. The maximum Gasteiger partial charge on any atom is 0.0972 e. The molecule has 1 aliphatic rings. The summed E-state index contributed by atoms with van der Waals surface area (Å²) in [6, 6.07) is 24.6. The average Bonchev–Trinajstić information content (AvgIpc) is 3.03. The molecule has 0 atom stereocenters. The Bertz CT molecular complexity index is 1760. The molecule has 0 spiro atoms. The number of aromatic nitrogens is 4. The lowest BCUT2D eigenvalue weighted by Crippen LogP contribution is -1.96. The number of nitrogens with zero attached hydrogens (tertiary/aromatic N) is 8. The molecule has 0 fully saturated rings. The van der Waals surface area contributed by atoms with E-state index in [9.17, 15) is 0 Å². The Balaban J connectivity index is 1.20. The van der Waals surface area contributed by atoms with Crippen LogP contribution in [0, 0.1) is 0 Å². The van der Waals surface area contributed by atoms with E-state index in [-0.39, 0.29) is 0 Å². The van der Waals surface area contributed by atoms with Crippen molar-refractivity contribution in [3.8, 4) is 0 Å². The molecule has 8 nitrogen and oxygen atoms in total. The quantitative estimate of drug-likeness (QED) is 0.216. The first-order chi connectivity index (χ1) is 20.8. The summed E-state index contributed by atoms with van der Waals surface area (Å²) in [7, 11) is 0. The van der Waals surface area contributed by atoms with Gasteiger partial charge in [-0.1, -0.05) is 48.5 Å². The van der Waals surface area contributed by atoms with Crippen molar-refractivity contribution >= 4 is 68.5 Å². The van der Waals surface area contributed by atoms with E-state index >= 15 is 0 Å². The number of pyridine rings is 4. The largest absolute Gasteiger partial charge is 0.291 e. The van der Waals surface area contributed by atoms with Gasteiger partial charge < -0.3 is 0 Å². The fourth-order valence-electron chi connectivity index (χ4n) is 5.02. The lowest BCUT2D eigenvalue weighted by Gasteiger charge is -2.05. The Morgan fingerprint density at radius 1 is 0.310 bits per heavy atom.